The Morgan fingerprint density at radius 3 is 2.73 bits per heavy atom. The zero-order valence-corrected chi connectivity index (χ0v) is 10.1. The zero-order chi connectivity index (χ0) is 10.7. The van der Waals surface area contributed by atoms with Crippen LogP contribution in [0, 0.1) is 0 Å². The second kappa shape index (κ2) is 4.83. The number of hydrogen-bond donors (Lipinski definition) is 1. The van der Waals surface area contributed by atoms with Gasteiger partial charge in [0.1, 0.15) is 4.34 Å². The van der Waals surface area contributed by atoms with Gasteiger partial charge in [-0.1, -0.05) is 22.9 Å². The smallest absolute Gasteiger partial charge is 0.181 e. The fraction of sp³-hybridized carbons (Fsp3) is 0.111. The highest BCUT2D eigenvalue weighted by atomic mass is 35.5. The van der Waals surface area contributed by atoms with E-state index in [9.17, 15) is 0 Å². The molecule has 0 saturated heterocycles. The maximum Gasteiger partial charge on any atom is 0.181 e. The number of nitrogen functional groups attached to an aromatic ring is 1. The van der Waals surface area contributed by atoms with Crippen LogP contribution in [0.2, 0.25) is 4.34 Å². The molecule has 0 spiro atoms. The normalized spacial score (nSPS) is 10.5. The molecule has 6 heteroatoms. The summed E-state index contributed by atoms with van der Waals surface area (Å²) in [5.41, 5.74) is 6.40. The molecule has 15 heavy (non-hydrogen) atoms. The van der Waals surface area contributed by atoms with Gasteiger partial charge in [0.15, 0.2) is 5.13 Å². The predicted molar refractivity (Wildman–Crippen MR) is 65.3 cm³/mol. The van der Waals surface area contributed by atoms with Crippen molar-refractivity contribution in [3.05, 3.63) is 34.6 Å². The van der Waals surface area contributed by atoms with Gasteiger partial charge < -0.3 is 5.73 Å². The molecule has 2 rings (SSSR count). The Morgan fingerprint density at radius 2 is 2.13 bits per heavy atom. The SMILES string of the molecule is Nc1nc(CSc2ccncc2)c(Cl)s1. The van der Waals surface area contributed by atoms with Gasteiger partial charge in [-0.2, -0.15) is 0 Å². The standard InChI is InChI=1S/C9H8ClN3S2/c10-8-7(13-9(11)15-8)5-14-6-1-3-12-4-2-6/h1-4H,5H2,(H2,11,13). The lowest BCUT2D eigenvalue weighted by Crippen LogP contribution is -1.85. The summed E-state index contributed by atoms with van der Waals surface area (Å²) >= 11 is 8.94. The molecule has 2 aromatic heterocycles. The minimum absolute atomic E-state index is 0.519. The summed E-state index contributed by atoms with van der Waals surface area (Å²) in [4.78, 5) is 9.25. The van der Waals surface area contributed by atoms with Gasteiger partial charge in [0, 0.05) is 23.0 Å². The molecule has 3 nitrogen and oxygen atoms in total. The van der Waals surface area contributed by atoms with E-state index in [4.69, 9.17) is 17.3 Å². The molecule has 2 heterocycles. The summed E-state index contributed by atoms with van der Waals surface area (Å²) < 4.78 is 0.675. The Labute approximate surface area is 101 Å². The van der Waals surface area contributed by atoms with Gasteiger partial charge in [0.2, 0.25) is 0 Å². The van der Waals surface area contributed by atoms with E-state index in [-0.39, 0.29) is 0 Å². The summed E-state index contributed by atoms with van der Waals surface area (Å²) in [6.45, 7) is 0. The van der Waals surface area contributed by atoms with Crippen molar-refractivity contribution >= 4 is 39.8 Å². The van der Waals surface area contributed by atoms with E-state index in [2.05, 4.69) is 9.97 Å². The van der Waals surface area contributed by atoms with E-state index in [0.29, 0.717) is 9.47 Å². The van der Waals surface area contributed by atoms with Crippen molar-refractivity contribution in [1.82, 2.24) is 9.97 Å². The summed E-state index contributed by atoms with van der Waals surface area (Å²) in [6, 6.07) is 3.91. The van der Waals surface area contributed by atoms with Crippen LogP contribution in [0.15, 0.2) is 29.4 Å². The van der Waals surface area contributed by atoms with Crippen molar-refractivity contribution in [3.63, 3.8) is 0 Å². The van der Waals surface area contributed by atoms with Crippen LogP contribution in [0.5, 0.6) is 0 Å². The number of thioether (sulfide) groups is 1. The summed E-state index contributed by atoms with van der Waals surface area (Å²) in [7, 11) is 0. The molecule has 0 fully saturated rings. The third-order valence-electron chi connectivity index (χ3n) is 1.69. The molecule has 0 amide bonds. The maximum absolute atomic E-state index is 5.96. The average Bonchev–Trinajstić information content (AvgIpc) is 2.56. The molecule has 0 atom stereocenters. The Kier molecular flexibility index (Phi) is 3.45. The number of anilines is 1. The molecular weight excluding hydrogens is 250 g/mol. The lowest BCUT2D eigenvalue weighted by Gasteiger charge is -1.98. The van der Waals surface area contributed by atoms with Crippen molar-refractivity contribution in [2.45, 2.75) is 10.6 Å². The maximum atomic E-state index is 5.96. The molecule has 0 aliphatic rings. The Morgan fingerprint density at radius 1 is 1.40 bits per heavy atom. The van der Waals surface area contributed by atoms with Gasteiger partial charge in [-0.05, 0) is 12.1 Å². The molecule has 0 unspecified atom stereocenters. The summed E-state index contributed by atoms with van der Waals surface area (Å²) in [5, 5.41) is 0.519. The highest BCUT2D eigenvalue weighted by molar-refractivity contribution is 7.98. The second-order valence-corrected chi connectivity index (χ2v) is 5.43. The molecule has 78 valence electrons. The van der Waals surface area contributed by atoms with Crippen LogP contribution < -0.4 is 5.73 Å². The van der Waals surface area contributed by atoms with E-state index in [0.717, 1.165) is 16.3 Å². The molecule has 0 radical (unpaired) electrons. The molecule has 0 saturated carbocycles. The molecule has 2 aromatic rings. The van der Waals surface area contributed by atoms with E-state index in [1.807, 2.05) is 12.1 Å². The molecule has 0 aliphatic carbocycles. The lowest BCUT2D eigenvalue weighted by atomic mass is 10.5. The number of halogens is 1. The van der Waals surface area contributed by atoms with E-state index in [1.54, 1.807) is 24.2 Å². The summed E-state index contributed by atoms with van der Waals surface area (Å²) in [6.07, 6.45) is 3.53. The van der Waals surface area contributed by atoms with Crippen LogP contribution in [-0.2, 0) is 5.75 Å². The van der Waals surface area contributed by atoms with Crippen molar-refractivity contribution in [2.24, 2.45) is 0 Å². The first kappa shape index (κ1) is 10.7. The van der Waals surface area contributed by atoms with Gasteiger partial charge in [-0.15, -0.1) is 11.8 Å². The van der Waals surface area contributed by atoms with Crippen LogP contribution in [0.4, 0.5) is 5.13 Å². The first-order valence-corrected chi connectivity index (χ1v) is 6.37. The lowest BCUT2D eigenvalue weighted by molar-refractivity contribution is 1.22. The minimum atomic E-state index is 0.519. The fourth-order valence-corrected chi connectivity index (χ4v) is 2.94. The van der Waals surface area contributed by atoms with Crippen LogP contribution in [0.3, 0.4) is 0 Å². The Balaban J connectivity index is 2.02. The van der Waals surface area contributed by atoms with Gasteiger partial charge >= 0.3 is 0 Å². The molecule has 0 aromatic carbocycles. The molecule has 0 aliphatic heterocycles. The van der Waals surface area contributed by atoms with Crippen molar-refractivity contribution in [2.75, 3.05) is 5.73 Å². The number of thiazole rings is 1. The topological polar surface area (TPSA) is 51.8 Å². The molecular formula is C9H8ClN3S2. The number of rotatable bonds is 3. The summed E-state index contributed by atoms with van der Waals surface area (Å²) in [5.74, 6) is 0.733. The highest BCUT2D eigenvalue weighted by Crippen LogP contribution is 2.30. The highest BCUT2D eigenvalue weighted by Gasteiger charge is 2.07. The van der Waals surface area contributed by atoms with Crippen LogP contribution in [0.1, 0.15) is 5.69 Å². The third kappa shape index (κ3) is 2.84. The number of nitrogens with zero attached hydrogens (tertiary/aromatic N) is 2. The van der Waals surface area contributed by atoms with Crippen molar-refractivity contribution < 1.29 is 0 Å². The third-order valence-corrected chi connectivity index (χ3v) is 3.88. The van der Waals surface area contributed by atoms with Crippen molar-refractivity contribution in [3.8, 4) is 0 Å². The first-order valence-electron chi connectivity index (χ1n) is 4.19. The zero-order valence-electron chi connectivity index (χ0n) is 7.68. The van der Waals surface area contributed by atoms with Gasteiger partial charge in [-0.3, -0.25) is 4.98 Å². The number of nitrogens with two attached hydrogens (primary N) is 1. The van der Waals surface area contributed by atoms with E-state index < -0.39 is 0 Å². The van der Waals surface area contributed by atoms with Gasteiger partial charge in [0.05, 0.1) is 5.69 Å². The fourth-order valence-electron chi connectivity index (χ4n) is 1.03. The van der Waals surface area contributed by atoms with Crippen LogP contribution in [-0.4, -0.2) is 9.97 Å². The van der Waals surface area contributed by atoms with Gasteiger partial charge in [-0.25, -0.2) is 4.98 Å². The van der Waals surface area contributed by atoms with E-state index in [1.165, 1.54) is 11.3 Å². The van der Waals surface area contributed by atoms with Crippen molar-refractivity contribution in [1.29, 1.82) is 0 Å². The molecule has 0 bridgehead atoms. The quantitative estimate of drug-likeness (QED) is 0.859. The average molecular weight is 258 g/mol. The van der Waals surface area contributed by atoms with Gasteiger partial charge in [0.25, 0.3) is 0 Å². The van der Waals surface area contributed by atoms with Crippen LogP contribution >= 0.6 is 34.7 Å². The second-order valence-electron chi connectivity index (χ2n) is 2.74. The predicted octanol–water partition coefficient (Wildman–Crippen LogP) is 3.07. The Bertz CT molecular complexity index is 444. The monoisotopic (exact) mass is 257 g/mol. The Hall–Kier alpha value is -0.780. The van der Waals surface area contributed by atoms with Crippen LogP contribution in [0.25, 0.3) is 0 Å². The minimum Gasteiger partial charge on any atom is -0.375 e. The molecule has 2 N–H and O–H groups in total. The van der Waals surface area contributed by atoms with E-state index >= 15 is 0 Å². The number of pyridine rings is 1. The largest absolute Gasteiger partial charge is 0.375 e. The number of hydrogen-bond acceptors (Lipinski definition) is 5. The number of aromatic nitrogens is 2. The first-order chi connectivity index (χ1) is 7.25.